The summed E-state index contributed by atoms with van der Waals surface area (Å²) < 4.78 is 2.95. The van der Waals surface area contributed by atoms with Gasteiger partial charge in [0.15, 0.2) is 0 Å². The molecule has 6 nitrogen and oxygen atoms in total. The van der Waals surface area contributed by atoms with Crippen LogP contribution in [0.25, 0.3) is 0 Å². The summed E-state index contributed by atoms with van der Waals surface area (Å²) in [7, 11) is 0. The van der Waals surface area contributed by atoms with Crippen LogP contribution in [0.15, 0.2) is 58.3 Å². The molecule has 85 heavy (non-hydrogen) atoms. The number of hydrogen-bond donors (Lipinski definition) is 2. The van der Waals surface area contributed by atoms with Gasteiger partial charge in [0.25, 0.3) is 0 Å². The summed E-state index contributed by atoms with van der Waals surface area (Å²) in [5, 5.41) is 17.6. The Morgan fingerprint density at radius 1 is 0.247 bits per heavy atom. The predicted molar refractivity (Wildman–Crippen MR) is 377 cm³/mol. The normalized spacial score (nSPS) is 11.6. The molecule has 2 N–H and O–H groups in total. The Hall–Kier alpha value is -2.35. The third-order valence-electron chi connectivity index (χ3n) is 18.3. The van der Waals surface area contributed by atoms with Gasteiger partial charge in [-0.1, -0.05) is 273 Å². The molecule has 0 saturated heterocycles. The lowest BCUT2D eigenvalue weighted by Crippen LogP contribution is -2.50. The molecule has 0 atom stereocenters. The highest BCUT2D eigenvalue weighted by Crippen LogP contribution is 2.29. The van der Waals surface area contributed by atoms with E-state index in [0.29, 0.717) is 0 Å². The van der Waals surface area contributed by atoms with Crippen molar-refractivity contribution >= 4 is 23.7 Å². The fourth-order valence-corrected chi connectivity index (χ4v) is 13.4. The maximum atomic E-state index is 10.7. The smallest absolute Gasteiger partial charge is 0.335 e. The van der Waals surface area contributed by atoms with Crippen molar-refractivity contribution in [1.82, 2.24) is 0 Å². The molecule has 0 amide bonds. The Kier molecular flexibility index (Phi) is 60.2. The molecule has 0 spiro atoms. The van der Waals surface area contributed by atoms with E-state index in [1.165, 1.54) is 406 Å². The minimum Gasteiger partial charge on any atom is -0.478 e. The molecule has 0 aromatic heterocycles. The summed E-state index contributed by atoms with van der Waals surface area (Å²) in [5.41, 5.74) is 0.483. The Labute approximate surface area is 535 Å². The van der Waals surface area contributed by atoms with Crippen molar-refractivity contribution in [2.24, 2.45) is 0 Å². The average molecular weight is 1210 g/mol. The number of unbranched alkanes of at least 4 members (excludes halogenated alkanes) is 40. The van der Waals surface area contributed by atoms with Crippen LogP contribution >= 0.6 is 11.8 Å². The van der Waals surface area contributed by atoms with Crippen molar-refractivity contribution in [3.8, 4) is 0 Å². The summed E-state index contributed by atoms with van der Waals surface area (Å²) in [6.07, 6.45) is 69.5. The number of nitrogens with zero attached hydrogens (tertiary/aromatic N) is 2. The van der Waals surface area contributed by atoms with Gasteiger partial charge in [-0.2, -0.15) is 0 Å². The molecule has 0 radical (unpaired) electrons. The van der Waals surface area contributed by atoms with E-state index in [0.717, 1.165) is 9.79 Å². The van der Waals surface area contributed by atoms with Gasteiger partial charge in [0.1, 0.15) is 0 Å². The molecule has 2 aromatic rings. The number of benzene rings is 2. The van der Waals surface area contributed by atoms with E-state index in [-0.39, 0.29) is 11.1 Å². The third kappa shape index (κ3) is 50.1. The van der Waals surface area contributed by atoms with E-state index in [4.69, 9.17) is 10.2 Å². The van der Waals surface area contributed by atoms with Gasteiger partial charge in [-0.15, -0.1) is 0 Å². The van der Waals surface area contributed by atoms with Crippen LogP contribution < -0.4 is 0 Å². The molecule has 7 heteroatoms. The van der Waals surface area contributed by atoms with Crippen molar-refractivity contribution in [1.29, 1.82) is 0 Å². The maximum absolute atomic E-state index is 10.7. The summed E-state index contributed by atoms with van der Waals surface area (Å²) in [4.78, 5) is 23.2. The zero-order chi connectivity index (χ0) is 62.4. The fraction of sp³-hybridized carbons (Fsp3) is 0.821. The van der Waals surface area contributed by atoms with E-state index < -0.39 is 11.9 Å². The fourth-order valence-electron chi connectivity index (χ4n) is 12.6. The largest absolute Gasteiger partial charge is 0.478 e. The van der Waals surface area contributed by atoms with Crippen LogP contribution in [0.2, 0.25) is 0 Å². The van der Waals surface area contributed by atoms with Crippen molar-refractivity contribution in [3.63, 3.8) is 0 Å². The molecule has 0 heterocycles. The van der Waals surface area contributed by atoms with Gasteiger partial charge in [-0.3, -0.25) is 0 Å². The Bertz CT molecular complexity index is 1440. The minimum absolute atomic E-state index is 0.241. The van der Waals surface area contributed by atoms with E-state index in [1.54, 1.807) is 24.3 Å². The second-order valence-electron chi connectivity index (χ2n) is 26.4. The van der Waals surface area contributed by atoms with Gasteiger partial charge < -0.3 is 19.2 Å². The third-order valence-corrected chi connectivity index (χ3v) is 19.3. The molecule has 2 aromatic carbocycles. The minimum atomic E-state index is -0.956. The van der Waals surface area contributed by atoms with Crippen LogP contribution in [-0.4, -0.2) is 83.5 Å². The zero-order valence-corrected chi connectivity index (χ0v) is 59.0. The number of aromatic carboxylic acids is 2. The van der Waals surface area contributed by atoms with Crippen molar-refractivity contribution in [3.05, 3.63) is 59.7 Å². The monoisotopic (exact) mass is 1210 g/mol. The van der Waals surface area contributed by atoms with Gasteiger partial charge in [0.2, 0.25) is 0 Å². The lowest BCUT2D eigenvalue weighted by molar-refractivity contribution is -0.929. The summed E-state index contributed by atoms with van der Waals surface area (Å²) in [6, 6.07) is 13.0. The highest BCUT2D eigenvalue weighted by Gasteiger charge is 2.27. The van der Waals surface area contributed by atoms with Gasteiger partial charge in [-0.05, 0) is 151 Å². The molecule has 0 bridgehead atoms. The number of rotatable bonds is 60. The first-order valence-electron chi connectivity index (χ1n) is 37.6. The Morgan fingerprint density at radius 2 is 0.388 bits per heavy atom. The summed E-state index contributed by atoms with van der Waals surface area (Å²) in [6.45, 7) is 30.5. The molecule has 0 unspecified atom stereocenters. The quantitative estimate of drug-likeness (QED) is 0.0510. The van der Waals surface area contributed by atoms with Gasteiger partial charge in [0.05, 0.1) is 63.5 Å². The van der Waals surface area contributed by atoms with Gasteiger partial charge in [-0.25, -0.2) is 9.59 Å². The number of hydrogen-bond acceptors (Lipinski definition) is 3. The van der Waals surface area contributed by atoms with Crippen LogP contribution in [-0.2, 0) is 0 Å². The Balaban J connectivity index is 0.00000129. The summed E-state index contributed by atoms with van der Waals surface area (Å²) in [5.74, 6) is -1.91. The molecule has 2 rings (SSSR count). The highest BCUT2D eigenvalue weighted by atomic mass is 32.2. The second-order valence-corrected chi connectivity index (χ2v) is 27.5. The topological polar surface area (TPSA) is 74.6 Å². The predicted octanol–water partition coefficient (Wildman–Crippen LogP) is 25.7. The first-order valence-corrected chi connectivity index (χ1v) is 38.4. The molecule has 496 valence electrons. The molecule has 0 aliphatic heterocycles. The molecular formula is C78H146N2O4S+2. The first-order chi connectivity index (χ1) is 41.5. The Morgan fingerprint density at radius 3 is 0.529 bits per heavy atom. The number of carbonyl (C=O) groups is 2. The molecule has 0 aliphatic rings. The van der Waals surface area contributed by atoms with Crippen LogP contribution in [0.3, 0.4) is 0 Å². The SMILES string of the molecule is CCCCCCCC[N+](CCCCCCCC)(CCCCCCCC)CCCCCCCC.CCCCCCCC[N+](CCCCCCCC)(CCCCCCCC)CCCCCCCC.O=C(O)c1ccc(Sc2ccc(C(=O)O)cc2)cc1. The van der Waals surface area contributed by atoms with Crippen LogP contribution in [0, 0.1) is 0 Å². The average Bonchev–Trinajstić information content (AvgIpc) is 3.62. The van der Waals surface area contributed by atoms with Gasteiger partial charge in [0, 0.05) is 9.79 Å². The lowest BCUT2D eigenvalue weighted by Gasteiger charge is -2.40. The van der Waals surface area contributed by atoms with E-state index in [2.05, 4.69) is 55.4 Å². The van der Waals surface area contributed by atoms with Crippen molar-refractivity contribution in [2.45, 2.75) is 373 Å². The standard InChI is InChI=1S/2C32H68N.C14H10O4S/c2*1-5-9-13-17-21-25-29-33(30-26-22-18-14-10-6-2,31-27-23-19-15-11-7-3)32-28-24-20-16-12-8-4;15-13(16)9-1-5-11(6-2-9)19-12-7-3-10(4-8-12)14(17)18/h2*5-32H2,1-4H3;1-8H,(H,15,16)(H,17,18)/q2*+1;. The molecule has 0 saturated carbocycles. The van der Waals surface area contributed by atoms with Gasteiger partial charge >= 0.3 is 11.9 Å². The first kappa shape index (κ1) is 82.7. The number of carboxylic acid groups (broad SMARTS) is 2. The van der Waals surface area contributed by atoms with E-state index >= 15 is 0 Å². The summed E-state index contributed by atoms with van der Waals surface area (Å²) >= 11 is 1.44. The number of carboxylic acids is 2. The zero-order valence-electron chi connectivity index (χ0n) is 58.2. The maximum Gasteiger partial charge on any atom is 0.335 e. The van der Waals surface area contributed by atoms with Crippen LogP contribution in [0.4, 0.5) is 0 Å². The lowest BCUT2D eigenvalue weighted by atomic mass is 10.0. The van der Waals surface area contributed by atoms with Crippen LogP contribution in [0.1, 0.15) is 384 Å². The highest BCUT2D eigenvalue weighted by molar-refractivity contribution is 7.99. The number of quaternary nitrogens is 2. The van der Waals surface area contributed by atoms with Crippen molar-refractivity contribution < 1.29 is 28.8 Å². The van der Waals surface area contributed by atoms with Crippen LogP contribution in [0.5, 0.6) is 0 Å². The molecule has 0 fully saturated rings. The molecule has 0 aliphatic carbocycles. The van der Waals surface area contributed by atoms with E-state index in [1.807, 2.05) is 0 Å². The molecular weight excluding hydrogens is 1060 g/mol. The van der Waals surface area contributed by atoms with E-state index in [9.17, 15) is 9.59 Å². The van der Waals surface area contributed by atoms with Crippen molar-refractivity contribution in [2.75, 3.05) is 52.4 Å². The second kappa shape index (κ2) is 61.9.